The van der Waals surface area contributed by atoms with Crippen LogP contribution in [0.1, 0.15) is 50.7 Å². The molecule has 2 nitrogen and oxygen atoms in total. The van der Waals surface area contributed by atoms with Gasteiger partial charge in [-0.15, -0.1) is 0 Å². The highest BCUT2D eigenvalue weighted by atomic mass is 32.2. The lowest BCUT2D eigenvalue weighted by molar-refractivity contribution is -0.122. The Morgan fingerprint density at radius 2 is 1.96 bits per heavy atom. The number of thiocarbonyl (C=S) groups is 1. The first-order valence-corrected chi connectivity index (χ1v) is 9.59. The summed E-state index contributed by atoms with van der Waals surface area (Å²) < 4.78 is 0.698. The van der Waals surface area contributed by atoms with E-state index in [4.69, 9.17) is 12.2 Å². The summed E-state index contributed by atoms with van der Waals surface area (Å²) in [7, 11) is 0. The highest BCUT2D eigenvalue weighted by Crippen LogP contribution is 2.33. The van der Waals surface area contributed by atoms with Crippen LogP contribution in [-0.2, 0) is 4.79 Å². The zero-order valence-electron chi connectivity index (χ0n) is 14.2. The Labute approximate surface area is 149 Å². The van der Waals surface area contributed by atoms with E-state index in [-0.39, 0.29) is 5.91 Å². The van der Waals surface area contributed by atoms with Crippen molar-refractivity contribution in [1.82, 2.24) is 4.90 Å². The molecular formula is C19H25NOS2. The largest absolute Gasteiger partial charge is 0.293 e. The van der Waals surface area contributed by atoms with Crippen molar-refractivity contribution in [1.29, 1.82) is 0 Å². The Morgan fingerprint density at radius 1 is 1.26 bits per heavy atom. The second-order valence-electron chi connectivity index (χ2n) is 6.12. The van der Waals surface area contributed by atoms with E-state index in [0.29, 0.717) is 10.2 Å². The summed E-state index contributed by atoms with van der Waals surface area (Å²) in [5.41, 5.74) is 2.27. The number of thioether (sulfide) groups is 1. The van der Waals surface area contributed by atoms with E-state index in [1.165, 1.54) is 36.6 Å². The average molecular weight is 348 g/mol. The molecule has 0 aliphatic carbocycles. The molecule has 4 heteroatoms. The standard InChI is InChI=1S/C19H25NOS2/c1-4-6-7-15(5-2)13-20-18(21)17(23-19(20)22)12-16-10-8-14(3)9-11-16/h8-12,15H,4-7,13H2,1-3H3/b17-12+/t15-/m1/s1. The molecule has 1 atom stereocenters. The molecule has 0 saturated carbocycles. The Hall–Kier alpha value is -1.13. The van der Waals surface area contributed by atoms with Crippen LogP contribution in [0.15, 0.2) is 29.2 Å². The minimum Gasteiger partial charge on any atom is -0.293 e. The third kappa shape index (κ3) is 4.92. The quantitative estimate of drug-likeness (QED) is 0.486. The summed E-state index contributed by atoms with van der Waals surface area (Å²) in [6.45, 7) is 7.22. The molecule has 0 bridgehead atoms. The van der Waals surface area contributed by atoms with Crippen LogP contribution >= 0.6 is 24.0 Å². The summed E-state index contributed by atoms with van der Waals surface area (Å²) in [5.74, 6) is 0.603. The summed E-state index contributed by atoms with van der Waals surface area (Å²) in [4.78, 5) is 15.2. The van der Waals surface area contributed by atoms with E-state index in [1.54, 1.807) is 4.90 Å². The lowest BCUT2D eigenvalue weighted by Crippen LogP contribution is -2.33. The van der Waals surface area contributed by atoms with Gasteiger partial charge in [-0.25, -0.2) is 0 Å². The SMILES string of the molecule is CCCC[C@@H](CC)CN1C(=O)/C(=C\c2ccc(C)cc2)SC1=S. The van der Waals surface area contributed by atoms with Crippen LogP contribution in [0.25, 0.3) is 6.08 Å². The van der Waals surface area contributed by atoms with E-state index in [9.17, 15) is 4.79 Å². The number of nitrogens with zero attached hydrogens (tertiary/aromatic N) is 1. The lowest BCUT2D eigenvalue weighted by Gasteiger charge is -2.21. The maximum absolute atomic E-state index is 12.7. The fourth-order valence-corrected chi connectivity index (χ4v) is 3.92. The van der Waals surface area contributed by atoms with E-state index >= 15 is 0 Å². The predicted molar refractivity (Wildman–Crippen MR) is 104 cm³/mol. The van der Waals surface area contributed by atoms with Gasteiger partial charge in [-0.05, 0) is 30.9 Å². The lowest BCUT2D eigenvalue weighted by atomic mass is 9.99. The number of rotatable bonds is 7. The highest BCUT2D eigenvalue weighted by molar-refractivity contribution is 8.26. The average Bonchev–Trinajstić information content (AvgIpc) is 2.80. The smallest absolute Gasteiger partial charge is 0.266 e. The summed E-state index contributed by atoms with van der Waals surface area (Å²) in [6, 6.07) is 8.20. The molecule has 124 valence electrons. The third-order valence-corrected chi connectivity index (χ3v) is 5.61. The highest BCUT2D eigenvalue weighted by Gasteiger charge is 2.33. The molecule has 1 heterocycles. The Morgan fingerprint density at radius 3 is 2.57 bits per heavy atom. The summed E-state index contributed by atoms with van der Waals surface area (Å²) in [6.07, 6.45) is 6.62. The molecule has 2 rings (SSSR count). The Bertz CT molecular complexity index is 592. The molecule has 1 aromatic rings. The van der Waals surface area contributed by atoms with Gasteiger partial charge in [0.05, 0.1) is 4.91 Å². The summed E-state index contributed by atoms with van der Waals surface area (Å²) >= 11 is 6.86. The van der Waals surface area contributed by atoms with E-state index in [2.05, 4.69) is 32.9 Å². The van der Waals surface area contributed by atoms with Gasteiger partial charge in [0.1, 0.15) is 4.32 Å². The van der Waals surface area contributed by atoms with Gasteiger partial charge < -0.3 is 0 Å². The van der Waals surface area contributed by atoms with Crippen molar-refractivity contribution >= 4 is 40.3 Å². The number of benzene rings is 1. The number of aryl methyl sites for hydroxylation is 1. The monoisotopic (exact) mass is 347 g/mol. The van der Waals surface area contributed by atoms with Crippen LogP contribution in [0.2, 0.25) is 0 Å². The molecule has 23 heavy (non-hydrogen) atoms. The van der Waals surface area contributed by atoms with Crippen molar-refractivity contribution in [3.63, 3.8) is 0 Å². The molecule has 1 fully saturated rings. The van der Waals surface area contributed by atoms with Crippen molar-refractivity contribution in [2.75, 3.05) is 6.54 Å². The zero-order valence-corrected chi connectivity index (χ0v) is 15.8. The molecule has 0 unspecified atom stereocenters. The van der Waals surface area contributed by atoms with Gasteiger partial charge in [0.15, 0.2) is 0 Å². The van der Waals surface area contributed by atoms with Crippen LogP contribution in [0.3, 0.4) is 0 Å². The van der Waals surface area contributed by atoms with Crippen molar-refractivity contribution in [2.24, 2.45) is 5.92 Å². The van der Waals surface area contributed by atoms with Crippen LogP contribution in [0.4, 0.5) is 0 Å². The minimum absolute atomic E-state index is 0.0653. The van der Waals surface area contributed by atoms with E-state index in [0.717, 1.165) is 23.4 Å². The number of carbonyl (C=O) groups excluding carboxylic acids is 1. The van der Waals surface area contributed by atoms with Crippen molar-refractivity contribution in [3.8, 4) is 0 Å². The molecule has 0 N–H and O–H groups in total. The second kappa shape index (κ2) is 8.65. The molecule has 0 radical (unpaired) electrons. The van der Waals surface area contributed by atoms with Crippen LogP contribution in [-0.4, -0.2) is 21.7 Å². The fourth-order valence-electron chi connectivity index (χ4n) is 2.65. The third-order valence-electron chi connectivity index (χ3n) is 4.23. The van der Waals surface area contributed by atoms with Crippen molar-refractivity contribution < 1.29 is 4.79 Å². The molecular weight excluding hydrogens is 322 g/mol. The van der Waals surface area contributed by atoms with Gasteiger partial charge in [0.2, 0.25) is 0 Å². The van der Waals surface area contributed by atoms with Crippen LogP contribution < -0.4 is 0 Å². The van der Waals surface area contributed by atoms with E-state index < -0.39 is 0 Å². The molecule has 1 aromatic carbocycles. The second-order valence-corrected chi connectivity index (χ2v) is 7.80. The Balaban J connectivity index is 2.08. The van der Waals surface area contributed by atoms with Gasteiger partial charge >= 0.3 is 0 Å². The minimum atomic E-state index is 0.0653. The molecule has 0 spiro atoms. The topological polar surface area (TPSA) is 20.3 Å². The normalized spacial score (nSPS) is 18.0. The van der Waals surface area contributed by atoms with Crippen LogP contribution in [0.5, 0.6) is 0 Å². The molecule has 1 saturated heterocycles. The maximum atomic E-state index is 12.7. The molecule has 1 aliphatic heterocycles. The zero-order chi connectivity index (χ0) is 16.8. The number of carbonyl (C=O) groups is 1. The van der Waals surface area contributed by atoms with Crippen molar-refractivity contribution in [2.45, 2.75) is 46.5 Å². The number of hydrogen-bond donors (Lipinski definition) is 0. The first kappa shape index (κ1) is 18.2. The first-order valence-electron chi connectivity index (χ1n) is 8.37. The van der Waals surface area contributed by atoms with Gasteiger partial charge in [-0.3, -0.25) is 9.69 Å². The Kier molecular flexibility index (Phi) is 6.85. The van der Waals surface area contributed by atoms with Gasteiger partial charge in [-0.2, -0.15) is 0 Å². The first-order chi connectivity index (χ1) is 11.0. The molecule has 1 amide bonds. The number of unbranched alkanes of at least 4 members (excludes halogenated alkanes) is 1. The predicted octanol–water partition coefficient (Wildman–Crippen LogP) is 5.41. The number of amides is 1. The van der Waals surface area contributed by atoms with Gasteiger partial charge in [-0.1, -0.05) is 86.9 Å². The van der Waals surface area contributed by atoms with Gasteiger partial charge in [0, 0.05) is 6.54 Å². The summed E-state index contributed by atoms with van der Waals surface area (Å²) in [5, 5.41) is 0. The van der Waals surface area contributed by atoms with Gasteiger partial charge in [0.25, 0.3) is 5.91 Å². The maximum Gasteiger partial charge on any atom is 0.266 e. The molecule has 1 aliphatic rings. The molecule has 0 aromatic heterocycles. The van der Waals surface area contributed by atoms with E-state index in [1.807, 2.05) is 18.2 Å². The fraction of sp³-hybridized carbons (Fsp3) is 0.474. The number of hydrogen-bond acceptors (Lipinski definition) is 3. The van der Waals surface area contributed by atoms with Crippen LogP contribution in [0, 0.1) is 12.8 Å². The van der Waals surface area contributed by atoms with Crippen molar-refractivity contribution in [3.05, 3.63) is 40.3 Å².